The van der Waals surface area contributed by atoms with Gasteiger partial charge in [-0.3, -0.25) is 4.79 Å². The fourth-order valence-corrected chi connectivity index (χ4v) is 5.40. The van der Waals surface area contributed by atoms with E-state index in [9.17, 15) is 18.0 Å². The molecule has 31 heavy (non-hydrogen) atoms. The molecular weight excluding hydrogens is 416 g/mol. The van der Waals surface area contributed by atoms with Crippen LogP contribution in [-0.4, -0.2) is 44.8 Å². The number of nitrogens with one attached hydrogen (secondary N) is 1. The summed E-state index contributed by atoms with van der Waals surface area (Å²) in [5.74, 6) is -0.950. The molecule has 1 aliphatic heterocycles. The molecule has 2 aromatic rings. The van der Waals surface area contributed by atoms with E-state index >= 15 is 0 Å². The second-order valence-corrected chi connectivity index (χ2v) is 9.68. The van der Waals surface area contributed by atoms with Crippen LogP contribution in [0.4, 0.5) is 5.69 Å². The predicted molar refractivity (Wildman–Crippen MR) is 119 cm³/mol. The molecule has 2 aromatic carbocycles. The Kier molecular flexibility index (Phi) is 7.12. The van der Waals surface area contributed by atoms with Crippen LogP contribution in [0.25, 0.3) is 0 Å². The Hall–Kier alpha value is -2.71. The average molecular weight is 445 g/mol. The van der Waals surface area contributed by atoms with Gasteiger partial charge in [0.05, 0.1) is 17.6 Å². The van der Waals surface area contributed by atoms with Gasteiger partial charge in [0, 0.05) is 24.3 Å². The second kappa shape index (κ2) is 9.62. The number of rotatable bonds is 5. The molecule has 1 N–H and O–H groups in total. The van der Waals surface area contributed by atoms with Crippen LogP contribution in [0.5, 0.6) is 0 Å². The van der Waals surface area contributed by atoms with Gasteiger partial charge in [0.15, 0.2) is 0 Å². The van der Waals surface area contributed by atoms with Gasteiger partial charge in [-0.1, -0.05) is 25.0 Å². The monoisotopic (exact) mass is 444 g/mol. The van der Waals surface area contributed by atoms with E-state index in [4.69, 9.17) is 4.74 Å². The molecule has 8 heteroatoms. The first-order valence-electron chi connectivity index (χ1n) is 10.3. The topological polar surface area (TPSA) is 92.8 Å². The zero-order valence-electron chi connectivity index (χ0n) is 18.1. The number of hydrogen-bond donors (Lipinski definition) is 1. The fraction of sp³-hybridized carbons (Fsp3) is 0.391. The number of hydrogen-bond acceptors (Lipinski definition) is 5. The SMILES string of the molecule is COC(=O)c1ccc(C)c(NC(=O)c2ccc(C)c(S(=O)(=O)N3CCCCCC3)c2)c1. The number of ether oxygens (including phenoxy) is 1. The molecule has 166 valence electrons. The van der Waals surface area contributed by atoms with E-state index in [0.717, 1.165) is 31.2 Å². The van der Waals surface area contributed by atoms with E-state index in [1.54, 1.807) is 44.2 Å². The van der Waals surface area contributed by atoms with Crippen molar-refractivity contribution in [1.82, 2.24) is 4.31 Å². The molecule has 0 aliphatic carbocycles. The largest absolute Gasteiger partial charge is 0.465 e. The van der Waals surface area contributed by atoms with Crippen LogP contribution in [0.15, 0.2) is 41.3 Å². The number of carbonyl (C=O) groups is 2. The molecular formula is C23H28N2O5S. The summed E-state index contributed by atoms with van der Waals surface area (Å²) in [6.45, 7) is 4.53. The first-order valence-corrected chi connectivity index (χ1v) is 11.8. The standard InChI is InChI=1S/C23H28N2O5S/c1-16-8-11-19(23(27)30-3)14-20(16)24-22(26)18-10-9-17(2)21(15-18)31(28,29)25-12-6-4-5-7-13-25/h8-11,14-15H,4-7,12-13H2,1-3H3,(H,24,26). The molecule has 0 unspecified atom stereocenters. The zero-order valence-corrected chi connectivity index (χ0v) is 18.9. The second-order valence-electron chi connectivity index (χ2n) is 7.77. The van der Waals surface area contributed by atoms with Crippen LogP contribution in [-0.2, 0) is 14.8 Å². The smallest absolute Gasteiger partial charge is 0.337 e. The molecule has 7 nitrogen and oxygen atoms in total. The maximum absolute atomic E-state index is 13.2. The Morgan fingerprint density at radius 2 is 1.52 bits per heavy atom. The molecule has 1 heterocycles. The van der Waals surface area contributed by atoms with Gasteiger partial charge in [-0.2, -0.15) is 4.31 Å². The summed E-state index contributed by atoms with van der Waals surface area (Å²) in [6, 6.07) is 9.57. The highest BCUT2D eigenvalue weighted by Crippen LogP contribution is 2.25. The average Bonchev–Trinajstić information content (AvgIpc) is 3.05. The number of benzene rings is 2. The summed E-state index contributed by atoms with van der Waals surface area (Å²) in [4.78, 5) is 24.9. The lowest BCUT2D eigenvalue weighted by Crippen LogP contribution is -2.32. The van der Waals surface area contributed by atoms with Crippen molar-refractivity contribution in [2.45, 2.75) is 44.4 Å². The van der Waals surface area contributed by atoms with Gasteiger partial charge >= 0.3 is 5.97 Å². The van der Waals surface area contributed by atoms with Gasteiger partial charge in [-0.05, 0) is 62.1 Å². The number of aryl methyl sites for hydroxylation is 2. The van der Waals surface area contributed by atoms with Gasteiger partial charge < -0.3 is 10.1 Å². The van der Waals surface area contributed by atoms with Gasteiger partial charge in [0.2, 0.25) is 10.0 Å². The van der Waals surface area contributed by atoms with Crippen molar-refractivity contribution in [3.8, 4) is 0 Å². The van der Waals surface area contributed by atoms with E-state index in [1.807, 2.05) is 0 Å². The lowest BCUT2D eigenvalue weighted by Gasteiger charge is -2.21. The van der Waals surface area contributed by atoms with E-state index in [-0.39, 0.29) is 10.5 Å². The first-order chi connectivity index (χ1) is 14.7. The molecule has 0 spiro atoms. The Labute approximate surface area is 183 Å². The van der Waals surface area contributed by atoms with E-state index in [2.05, 4.69) is 5.32 Å². The molecule has 1 saturated heterocycles. The van der Waals surface area contributed by atoms with E-state index in [0.29, 0.717) is 29.9 Å². The summed E-state index contributed by atoms with van der Waals surface area (Å²) in [7, 11) is -2.39. The Morgan fingerprint density at radius 3 is 2.16 bits per heavy atom. The number of anilines is 1. The minimum absolute atomic E-state index is 0.155. The van der Waals surface area contributed by atoms with Crippen LogP contribution in [0.2, 0.25) is 0 Å². The molecule has 1 fully saturated rings. The third-order valence-electron chi connectivity index (χ3n) is 5.54. The molecule has 1 amide bonds. The number of carbonyl (C=O) groups excluding carboxylic acids is 2. The minimum Gasteiger partial charge on any atom is -0.465 e. The Bertz CT molecular complexity index is 1090. The molecule has 1 aliphatic rings. The maximum Gasteiger partial charge on any atom is 0.337 e. The highest BCUT2D eigenvalue weighted by molar-refractivity contribution is 7.89. The highest BCUT2D eigenvalue weighted by Gasteiger charge is 2.27. The summed E-state index contributed by atoms with van der Waals surface area (Å²) in [6.07, 6.45) is 3.73. The first kappa shape index (κ1) is 23.0. The van der Waals surface area contributed by atoms with Crippen molar-refractivity contribution in [2.24, 2.45) is 0 Å². The molecule has 0 radical (unpaired) electrons. The molecule has 3 rings (SSSR count). The molecule has 0 bridgehead atoms. The number of sulfonamides is 1. The van der Waals surface area contributed by atoms with Gasteiger partial charge in [-0.25, -0.2) is 13.2 Å². The highest BCUT2D eigenvalue weighted by atomic mass is 32.2. The number of nitrogens with zero attached hydrogens (tertiary/aromatic N) is 1. The maximum atomic E-state index is 13.2. The van der Waals surface area contributed by atoms with E-state index in [1.165, 1.54) is 17.5 Å². The number of amides is 1. The molecule has 0 aromatic heterocycles. The van der Waals surface area contributed by atoms with Crippen LogP contribution >= 0.6 is 0 Å². The summed E-state index contributed by atoms with van der Waals surface area (Å²) in [5.41, 5.74) is 2.39. The van der Waals surface area contributed by atoms with Gasteiger partial charge in [-0.15, -0.1) is 0 Å². The summed E-state index contributed by atoms with van der Waals surface area (Å²) < 4.78 is 32.7. The van der Waals surface area contributed by atoms with Crippen molar-refractivity contribution < 1.29 is 22.7 Å². The molecule has 0 atom stereocenters. The van der Waals surface area contributed by atoms with Crippen molar-refractivity contribution in [3.63, 3.8) is 0 Å². The molecule has 0 saturated carbocycles. The van der Waals surface area contributed by atoms with Crippen LogP contribution < -0.4 is 5.32 Å². The third kappa shape index (κ3) is 5.14. The fourth-order valence-electron chi connectivity index (χ4n) is 3.64. The van der Waals surface area contributed by atoms with Gasteiger partial charge in [0.1, 0.15) is 0 Å². The Morgan fingerprint density at radius 1 is 0.903 bits per heavy atom. The third-order valence-corrected chi connectivity index (χ3v) is 7.58. The lowest BCUT2D eigenvalue weighted by molar-refractivity contribution is 0.0600. The Balaban J connectivity index is 1.89. The quantitative estimate of drug-likeness (QED) is 0.706. The van der Waals surface area contributed by atoms with Crippen molar-refractivity contribution in [3.05, 3.63) is 58.7 Å². The lowest BCUT2D eigenvalue weighted by atomic mass is 10.1. The normalized spacial score (nSPS) is 15.2. The summed E-state index contributed by atoms with van der Waals surface area (Å²) in [5, 5.41) is 2.78. The zero-order chi connectivity index (χ0) is 22.6. The van der Waals surface area contributed by atoms with Crippen molar-refractivity contribution >= 4 is 27.6 Å². The minimum atomic E-state index is -3.68. The summed E-state index contributed by atoms with van der Waals surface area (Å²) >= 11 is 0. The van der Waals surface area contributed by atoms with E-state index < -0.39 is 21.9 Å². The predicted octanol–water partition coefficient (Wildman–Crippen LogP) is 3.91. The number of esters is 1. The van der Waals surface area contributed by atoms with Crippen LogP contribution in [0.1, 0.15) is 57.5 Å². The number of methoxy groups -OCH3 is 1. The van der Waals surface area contributed by atoms with Crippen molar-refractivity contribution in [2.75, 3.05) is 25.5 Å². The van der Waals surface area contributed by atoms with Crippen LogP contribution in [0.3, 0.4) is 0 Å². The van der Waals surface area contributed by atoms with Gasteiger partial charge in [0.25, 0.3) is 5.91 Å². The van der Waals surface area contributed by atoms with Crippen molar-refractivity contribution in [1.29, 1.82) is 0 Å². The van der Waals surface area contributed by atoms with Crippen LogP contribution in [0, 0.1) is 13.8 Å².